The van der Waals surface area contributed by atoms with E-state index in [1.165, 1.54) is 0 Å². The Morgan fingerprint density at radius 2 is 1.82 bits per heavy atom. The number of hydrogen-bond acceptors (Lipinski definition) is 7. The minimum absolute atomic E-state index is 0.760. The van der Waals surface area contributed by atoms with Crippen molar-refractivity contribution in [1.29, 1.82) is 0 Å². The molecule has 0 aromatic carbocycles. The molecule has 0 aromatic heterocycles. The highest BCUT2D eigenvalue weighted by molar-refractivity contribution is 6.34. The quantitative estimate of drug-likeness (QED) is 0.362. The Morgan fingerprint density at radius 3 is 2.09 bits per heavy atom. The number of carbonyl (C=O) groups excluding carboxylic acids is 1. The first kappa shape index (κ1) is 7.19. The van der Waals surface area contributed by atoms with E-state index in [2.05, 4.69) is 15.2 Å². The zero-order valence-corrected chi connectivity index (χ0v) is 4.97. The van der Waals surface area contributed by atoms with Gasteiger partial charge in [0.1, 0.15) is 5.97 Å². The summed E-state index contributed by atoms with van der Waals surface area (Å²) in [6, 6.07) is 0. The Hall–Kier alpha value is -1.92. The Balaban J connectivity index is 2.97. The summed E-state index contributed by atoms with van der Waals surface area (Å²) >= 11 is 0. The van der Waals surface area contributed by atoms with E-state index in [9.17, 15) is 20.1 Å². The fourth-order valence-electron chi connectivity index (χ4n) is 0.413. The summed E-state index contributed by atoms with van der Waals surface area (Å²) < 4.78 is 0. The monoisotopic (exact) mass is 154 g/mol. The van der Waals surface area contributed by atoms with Crippen LogP contribution in [0.1, 0.15) is 0 Å². The number of aliphatic imine (C=N–C) groups is 1. The fourth-order valence-corrected chi connectivity index (χ4v) is 0.413. The molecule has 0 amide bonds. The van der Waals surface area contributed by atoms with E-state index >= 15 is 0 Å². The Labute approximate surface area is 60.0 Å². The third-order valence-electron chi connectivity index (χ3n) is 0.816. The molecule has 1 rings (SSSR count). The number of nitrogens with zero attached hydrogens (tertiary/aromatic N) is 3. The molecular formula is C4N3O4-3. The second-order valence-electron chi connectivity index (χ2n) is 1.53. The molecule has 1 aliphatic heterocycles. The van der Waals surface area contributed by atoms with Crippen molar-refractivity contribution in [1.82, 2.24) is 0 Å². The van der Waals surface area contributed by atoms with E-state index in [4.69, 9.17) is 0 Å². The fraction of sp³-hybridized carbons (Fsp3) is 0. The normalized spacial score (nSPS) is 14.9. The zero-order chi connectivity index (χ0) is 8.43. The predicted octanol–water partition coefficient (Wildman–Crippen LogP) is -3.55. The van der Waals surface area contributed by atoms with E-state index in [-0.39, 0.29) is 0 Å². The maximum atomic E-state index is 9.95. The summed E-state index contributed by atoms with van der Waals surface area (Å²) in [6.07, 6.45) is 0. The molecule has 7 heteroatoms. The van der Waals surface area contributed by atoms with Gasteiger partial charge in [-0.1, -0.05) is 0 Å². The van der Waals surface area contributed by atoms with Crippen LogP contribution in [-0.4, -0.2) is 11.8 Å². The molecule has 0 radical (unpaired) electrons. The van der Waals surface area contributed by atoms with Gasteiger partial charge in [0.05, 0.1) is 0 Å². The molecule has 0 saturated carbocycles. The van der Waals surface area contributed by atoms with Gasteiger partial charge in [-0.25, -0.2) is 4.99 Å². The van der Waals surface area contributed by atoms with Crippen LogP contribution in [0.25, 0.3) is 0 Å². The average Bonchev–Trinajstić information content (AvgIpc) is 2.33. The van der Waals surface area contributed by atoms with Crippen LogP contribution in [0.3, 0.4) is 0 Å². The molecule has 7 nitrogen and oxygen atoms in total. The molecule has 1 heterocycles. The summed E-state index contributed by atoms with van der Waals surface area (Å²) in [7, 11) is 0. The van der Waals surface area contributed by atoms with Gasteiger partial charge in [0.25, 0.3) is 0 Å². The lowest BCUT2D eigenvalue weighted by molar-refractivity contribution is -0.515. The smallest absolute Gasteiger partial charge is 0.199 e. The number of aliphatic carboxylic acids is 1. The lowest BCUT2D eigenvalue weighted by Gasteiger charge is -2.15. The number of rotatable bonds is 1. The topological polar surface area (TPSA) is 123 Å². The molecule has 0 unspecified atom stereocenters. The number of amidine groups is 1. The Bertz CT molecular complexity index is 286. The first-order chi connectivity index (χ1) is 5.11. The number of carbonyl (C=O) groups is 1. The molecule has 11 heavy (non-hydrogen) atoms. The molecule has 0 bridgehead atoms. The van der Waals surface area contributed by atoms with Crippen molar-refractivity contribution in [2.45, 2.75) is 0 Å². The largest absolute Gasteiger partial charge is 0.881 e. The average molecular weight is 154 g/mol. The van der Waals surface area contributed by atoms with E-state index in [1.54, 1.807) is 0 Å². The van der Waals surface area contributed by atoms with Crippen LogP contribution in [0.2, 0.25) is 0 Å². The summed E-state index contributed by atoms with van der Waals surface area (Å²) in [4.78, 5) is 12.9. The molecule has 0 atom stereocenters. The van der Waals surface area contributed by atoms with Crippen molar-refractivity contribution in [3.63, 3.8) is 0 Å². The standard InChI is InChI=1S/C4H3N3O4/c8-3(9)1-5-2(4(10)11)7-6-1/h8-9H,(H,10,11)/p-3. The van der Waals surface area contributed by atoms with Crippen molar-refractivity contribution in [2.75, 3.05) is 0 Å². The van der Waals surface area contributed by atoms with E-state index in [1.807, 2.05) is 0 Å². The predicted molar refractivity (Wildman–Crippen MR) is 24.3 cm³/mol. The van der Waals surface area contributed by atoms with Crippen molar-refractivity contribution >= 4 is 11.8 Å². The zero-order valence-electron chi connectivity index (χ0n) is 4.97. The molecule has 58 valence electrons. The maximum Gasteiger partial charge on any atom is 0.199 e. The number of carboxylic acids is 1. The Morgan fingerprint density at radius 1 is 1.18 bits per heavy atom. The third kappa shape index (κ3) is 1.31. The van der Waals surface area contributed by atoms with Crippen molar-refractivity contribution in [3.05, 3.63) is 11.8 Å². The molecule has 0 aliphatic carbocycles. The van der Waals surface area contributed by atoms with Crippen molar-refractivity contribution in [3.8, 4) is 0 Å². The summed E-state index contributed by atoms with van der Waals surface area (Å²) in [5, 5.41) is 35.6. The van der Waals surface area contributed by atoms with Crippen LogP contribution >= 0.6 is 0 Å². The molecule has 1 aliphatic rings. The van der Waals surface area contributed by atoms with Crippen LogP contribution in [-0.2, 0) is 4.79 Å². The minimum Gasteiger partial charge on any atom is -0.881 e. The number of azo groups is 1. The van der Waals surface area contributed by atoms with Gasteiger partial charge in [0.15, 0.2) is 11.7 Å². The van der Waals surface area contributed by atoms with E-state index < -0.39 is 23.6 Å². The van der Waals surface area contributed by atoms with Crippen LogP contribution < -0.4 is 15.3 Å². The highest BCUT2D eigenvalue weighted by atomic mass is 16.5. The van der Waals surface area contributed by atoms with Gasteiger partial charge in [0.2, 0.25) is 0 Å². The van der Waals surface area contributed by atoms with Gasteiger partial charge in [-0.3, -0.25) is 0 Å². The molecule has 0 aromatic rings. The number of carboxylic acid groups (broad SMARTS) is 1. The van der Waals surface area contributed by atoms with Gasteiger partial charge in [-0.2, -0.15) is 5.95 Å². The molecule has 0 N–H and O–H groups in total. The minimum atomic E-state index is -1.68. The Kier molecular flexibility index (Phi) is 1.55. The van der Waals surface area contributed by atoms with Crippen molar-refractivity contribution < 1.29 is 20.1 Å². The third-order valence-corrected chi connectivity index (χ3v) is 0.816. The molecule has 0 saturated heterocycles. The summed E-state index contributed by atoms with van der Waals surface area (Å²) in [5.41, 5.74) is 0. The van der Waals surface area contributed by atoms with Gasteiger partial charge >= 0.3 is 0 Å². The lowest BCUT2D eigenvalue weighted by Crippen LogP contribution is -2.29. The molecule has 0 fully saturated rings. The van der Waals surface area contributed by atoms with Gasteiger partial charge < -0.3 is 20.1 Å². The van der Waals surface area contributed by atoms with Crippen LogP contribution in [0.15, 0.2) is 27.0 Å². The SMILES string of the molecule is O=C([O-])C1=NC(=C([O-])[O-])N=N1. The van der Waals surface area contributed by atoms with Gasteiger partial charge in [-0.05, 0) is 0 Å². The molecular weight excluding hydrogens is 154 g/mol. The lowest BCUT2D eigenvalue weighted by atomic mass is 10.6. The first-order valence-corrected chi connectivity index (χ1v) is 2.41. The van der Waals surface area contributed by atoms with E-state index in [0.717, 1.165) is 0 Å². The van der Waals surface area contributed by atoms with E-state index in [0.29, 0.717) is 0 Å². The second kappa shape index (κ2) is 2.37. The van der Waals surface area contributed by atoms with Crippen LogP contribution in [0.4, 0.5) is 0 Å². The maximum absolute atomic E-state index is 9.95. The van der Waals surface area contributed by atoms with Crippen LogP contribution in [0.5, 0.6) is 0 Å². The summed E-state index contributed by atoms with van der Waals surface area (Å²) in [6.45, 7) is 0. The highest BCUT2D eigenvalue weighted by Gasteiger charge is 2.05. The first-order valence-electron chi connectivity index (χ1n) is 2.41. The van der Waals surface area contributed by atoms with Crippen LogP contribution in [0, 0.1) is 0 Å². The van der Waals surface area contributed by atoms with Crippen molar-refractivity contribution in [2.24, 2.45) is 15.2 Å². The van der Waals surface area contributed by atoms with Gasteiger partial charge in [-0.15, -0.1) is 10.2 Å². The van der Waals surface area contributed by atoms with Gasteiger partial charge in [0, 0.05) is 0 Å². The second-order valence-corrected chi connectivity index (χ2v) is 1.53. The number of hydrogen-bond donors (Lipinski definition) is 0. The highest BCUT2D eigenvalue weighted by Crippen LogP contribution is 2.08. The molecule has 0 spiro atoms. The summed E-state index contributed by atoms with van der Waals surface area (Å²) in [5.74, 6) is -4.87.